The lowest BCUT2D eigenvalue weighted by Crippen LogP contribution is -2.45. The van der Waals surface area contributed by atoms with E-state index < -0.39 is 0 Å². The number of anilines is 1. The Balaban J connectivity index is 2.26. The van der Waals surface area contributed by atoms with Gasteiger partial charge in [0, 0.05) is 38.4 Å². The molecule has 20 heavy (non-hydrogen) atoms. The molecule has 3 heteroatoms. The Labute approximate surface area is 124 Å². The van der Waals surface area contributed by atoms with Gasteiger partial charge in [-0.2, -0.15) is 0 Å². The molecule has 112 valence electrons. The SMILES string of the molecule is CC(C)c1ccc(N2CCN(C)CC2)c(CN(C)C)c1. The van der Waals surface area contributed by atoms with Gasteiger partial charge in [0.25, 0.3) is 0 Å². The summed E-state index contributed by atoms with van der Waals surface area (Å²) in [5, 5.41) is 0. The van der Waals surface area contributed by atoms with E-state index in [-0.39, 0.29) is 0 Å². The molecule has 0 atom stereocenters. The van der Waals surface area contributed by atoms with Crippen molar-refractivity contribution >= 4 is 5.69 Å². The molecule has 1 aliphatic heterocycles. The highest BCUT2D eigenvalue weighted by Crippen LogP contribution is 2.27. The van der Waals surface area contributed by atoms with Crippen molar-refractivity contribution in [1.82, 2.24) is 9.80 Å². The van der Waals surface area contributed by atoms with Crippen molar-refractivity contribution in [2.45, 2.75) is 26.3 Å². The van der Waals surface area contributed by atoms with Gasteiger partial charge in [-0.25, -0.2) is 0 Å². The zero-order valence-electron chi connectivity index (χ0n) is 13.7. The first-order valence-electron chi connectivity index (χ1n) is 7.68. The van der Waals surface area contributed by atoms with Crippen molar-refractivity contribution < 1.29 is 0 Å². The van der Waals surface area contributed by atoms with Gasteiger partial charge in [0.2, 0.25) is 0 Å². The van der Waals surface area contributed by atoms with E-state index in [0.29, 0.717) is 5.92 Å². The fourth-order valence-corrected chi connectivity index (χ4v) is 2.79. The summed E-state index contributed by atoms with van der Waals surface area (Å²) in [5.41, 5.74) is 4.33. The summed E-state index contributed by atoms with van der Waals surface area (Å²) in [6, 6.07) is 7.04. The third kappa shape index (κ3) is 3.74. The molecule has 1 saturated heterocycles. The summed E-state index contributed by atoms with van der Waals surface area (Å²) in [5.74, 6) is 0.595. The van der Waals surface area contributed by atoms with Gasteiger partial charge < -0.3 is 14.7 Å². The number of hydrogen-bond donors (Lipinski definition) is 0. The third-order valence-electron chi connectivity index (χ3n) is 4.10. The summed E-state index contributed by atoms with van der Waals surface area (Å²) < 4.78 is 0. The average molecular weight is 275 g/mol. The molecule has 0 saturated carbocycles. The van der Waals surface area contributed by atoms with Crippen LogP contribution in [0, 0.1) is 0 Å². The Hall–Kier alpha value is -1.06. The second-order valence-electron chi connectivity index (χ2n) is 6.57. The highest BCUT2D eigenvalue weighted by molar-refractivity contribution is 5.56. The molecule has 1 heterocycles. The highest BCUT2D eigenvalue weighted by Gasteiger charge is 2.17. The quantitative estimate of drug-likeness (QED) is 0.836. The van der Waals surface area contributed by atoms with Crippen molar-refractivity contribution in [3.63, 3.8) is 0 Å². The minimum Gasteiger partial charge on any atom is -0.369 e. The highest BCUT2D eigenvalue weighted by atomic mass is 15.2. The standard InChI is InChI=1S/C17H29N3/c1-14(2)15-6-7-17(16(12-15)13-18(3)4)20-10-8-19(5)9-11-20/h6-7,12,14H,8-11,13H2,1-5H3. The number of benzene rings is 1. The molecule has 1 aromatic rings. The number of piperazine rings is 1. The van der Waals surface area contributed by atoms with Crippen LogP contribution in [-0.2, 0) is 6.54 Å². The van der Waals surface area contributed by atoms with Crippen molar-refractivity contribution in [2.75, 3.05) is 52.2 Å². The molecule has 1 aliphatic rings. The first kappa shape index (κ1) is 15.3. The molecule has 1 aromatic carbocycles. The molecular weight excluding hydrogens is 246 g/mol. The summed E-state index contributed by atoms with van der Waals surface area (Å²) in [7, 11) is 6.51. The van der Waals surface area contributed by atoms with Crippen LogP contribution in [0.1, 0.15) is 30.9 Å². The Morgan fingerprint density at radius 3 is 2.30 bits per heavy atom. The minimum atomic E-state index is 0.595. The van der Waals surface area contributed by atoms with Gasteiger partial charge in [0.1, 0.15) is 0 Å². The predicted molar refractivity (Wildman–Crippen MR) is 87.6 cm³/mol. The van der Waals surface area contributed by atoms with E-state index in [1.165, 1.54) is 16.8 Å². The van der Waals surface area contributed by atoms with Crippen molar-refractivity contribution in [2.24, 2.45) is 0 Å². The van der Waals surface area contributed by atoms with E-state index in [2.05, 4.69) is 67.9 Å². The normalized spacial score (nSPS) is 17.2. The Morgan fingerprint density at radius 2 is 1.75 bits per heavy atom. The molecule has 0 spiro atoms. The topological polar surface area (TPSA) is 9.72 Å². The van der Waals surface area contributed by atoms with Crippen molar-refractivity contribution in [3.05, 3.63) is 29.3 Å². The summed E-state index contributed by atoms with van der Waals surface area (Å²) in [6.45, 7) is 10.1. The first-order chi connectivity index (χ1) is 9.47. The number of hydrogen-bond acceptors (Lipinski definition) is 3. The average Bonchev–Trinajstić information content (AvgIpc) is 2.39. The Kier molecular flexibility index (Phi) is 5.06. The summed E-state index contributed by atoms with van der Waals surface area (Å²) in [4.78, 5) is 7.21. The smallest absolute Gasteiger partial charge is 0.0413 e. The van der Waals surface area contributed by atoms with E-state index in [1.807, 2.05) is 0 Å². The van der Waals surface area contributed by atoms with Crippen LogP contribution in [0.3, 0.4) is 0 Å². The fraction of sp³-hybridized carbons (Fsp3) is 0.647. The largest absolute Gasteiger partial charge is 0.369 e. The van der Waals surface area contributed by atoms with Crippen LogP contribution < -0.4 is 4.90 Å². The van der Waals surface area contributed by atoms with E-state index >= 15 is 0 Å². The molecule has 0 radical (unpaired) electrons. The van der Waals surface area contributed by atoms with Crippen LogP contribution >= 0.6 is 0 Å². The Bertz CT molecular complexity index is 432. The van der Waals surface area contributed by atoms with Gasteiger partial charge in [-0.3, -0.25) is 0 Å². The molecule has 0 aliphatic carbocycles. The van der Waals surface area contributed by atoms with Crippen LogP contribution in [0.4, 0.5) is 5.69 Å². The maximum absolute atomic E-state index is 2.54. The van der Waals surface area contributed by atoms with Gasteiger partial charge in [-0.1, -0.05) is 26.0 Å². The molecule has 0 aromatic heterocycles. The van der Waals surface area contributed by atoms with Crippen LogP contribution in [0.5, 0.6) is 0 Å². The predicted octanol–water partition coefficient (Wildman–Crippen LogP) is 2.62. The molecule has 0 bridgehead atoms. The monoisotopic (exact) mass is 275 g/mol. The zero-order chi connectivity index (χ0) is 14.7. The van der Waals surface area contributed by atoms with Gasteiger partial charge >= 0.3 is 0 Å². The lowest BCUT2D eigenvalue weighted by atomic mass is 9.98. The molecule has 0 amide bonds. The lowest BCUT2D eigenvalue weighted by molar-refractivity contribution is 0.312. The summed E-state index contributed by atoms with van der Waals surface area (Å²) >= 11 is 0. The van der Waals surface area contributed by atoms with Crippen LogP contribution in [0.15, 0.2) is 18.2 Å². The maximum Gasteiger partial charge on any atom is 0.0413 e. The van der Waals surface area contributed by atoms with Crippen LogP contribution in [0.25, 0.3) is 0 Å². The number of rotatable bonds is 4. The second-order valence-corrected chi connectivity index (χ2v) is 6.57. The second kappa shape index (κ2) is 6.59. The summed E-state index contributed by atoms with van der Waals surface area (Å²) in [6.07, 6.45) is 0. The van der Waals surface area contributed by atoms with E-state index in [1.54, 1.807) is 0 Å². The van der Waals surface area contributed by atoms with Gasteiger partial charge in [-0.15, -0.1) is 0 Å². The molecule has 2 rings (SSSR count). The number of likely N-dealkylation sites (N-methyl/N-ethyl adjacent to an activating group) is 1. The minimum absolute atomic E-state index is 0.595. The van der Waals surface area contributed by atoms with E-state index in [4.69, 9.17) is 0 Å². The van der Waals surface area contributed by atoms with Crippen LogP contribution in [0.2, 0.25) is 0 Å². The van der Waals surface area contributed by atoms with E-state index in [0.717, 1.165) is 32.7 Å². The zero-order valence-corrected chi connectivity index (χ0v) is 13.7. The fourth-order valence-electron chi connectivity index (χ4n) is 2.79. The van der Waals surface area contributed by atoms with Gasteiger partial charge in [-0.05, 0) is 44.3 Å². The third-order valence-corrected chi connectivity index (χ3v) is 4.10. The van der Waals surface area contributed by atoms with Crippen LogP contribution in [-0.4, -0.2) is 57.1 Å². The molecular formula is C17H29N3. The molecule has 1 fully saturated rings. The first-order valence-corrected chi connectivity index (χ1v) is 7.68. The maximum atomic E-state index is 2.54. The lowest BCUT2D eigenvalue weighted by Gasteiger charge is -2.35. The molecule has 0 unspecified atom stereocenters. The molecule has 3 nitrogen and oxygen atoms in total. The number of nitrogens with zero attached hydrogens (tertiary/aromatic N) is 3. The van der Waals surface area contributed by atoms with E-state index in [9.17, 15) is 0 Å². The van der Waals surface area contributed by atoms with Gasteiger partial charge in [0.15, 0.2) is 0 Å². The Morgan fingerprint density at radius 1 is 1.10 bits per heavy atom. The van der Waals surface area contributed by atoms with Crippen molar-refractivity contribution in [1.29, 1.82) is 0 Å². The molecule has 0 N–H and O–H groups in total. The van der Waals surface area contributed by atoms with Gasteiger partial charge in [0.05, 0.1) is 0 Å². The van der Waals surface area contributed by atoms with Crippen molar-refractivity contribution in [3.8, 4) is 0 Å².